The van der Waals surface area contributed by atoms with E-state index in [1.54, 1.807) is 28.1 Å². The van der Waals surface area contributed by atoms with Gasteiger partial charge in [0.05, 0.1) is 38.6 Å². The molecule has 0 bridgehead atoms. The number of ketones is 1. The maximum Gasteiger partial charge on any atom is 0.339 e. The Labute approximate surface area is 189 Å². The van der Waals surface area contributed by atoms with Crippen molar-refractivity contribution in [3.8, 4) is 11.5 Å². The SMILES string of the molecule is COC(=O)c1c(C)[nH]c(C(=O)C(C)N2CCN(Cc3cc(OC)ccc3OC)CC2)c1C. The molecule has 32 heavy (non-hydrogen) atoms. The molecule has 0 aliphatic carbocycles. The molecular weight excluding hydrogens is 410 g/mol. The number of aromatic nitrogens is 1. The van der Waals surface area contributed by atoms with Gasteiger partial charge in [-0.1, -0.05) is 0 Å². The van der Waals surface area contributed by atoms with Crippen molar-refractivity contribution in [1.29, 1.82) is 0 Å². The Kier molecular flexibility index (Phi) is 7.58. The molecule has 1 aliphatic rings. The van der Waals surface area contributed by atoms with Crippen molar-refractivity contribution >= 4 is 11.8 Å². The number of hydrogen-bond donors (Lipinski definition) is 1. The van der Waals surface area contributed by atoms with Crippen LogP contribution in [0.3, 0.4) is 0 Å². The summed E-state index contributed by atoms with van der Waals surface area (Å²) in [5, 5.41) is 0. The summed E-state index contributed by atoms with van der Waals surface area (Å²) in [6.45, 7) is 9.50. The minimum atomic E-state index is -0.426. The van der Waals surface area contributed by atoms with Crippen LogP contribution in [-0.2, 0) is 11.3 Å². The van der Waals surface area contributed by atoms with E-state index in [9.17, 15) is 9.59 Å². The molecule has 1 fully saturated rings. The van der Waals surface area contributed by atoms with E-state index in [-0.39, 0.29) is 11.8 Å². The number of nitrogens with zero attached hydrogens (tertiary/aromatic N) is 2. The summed E-state index contributed by atoms with van der Waals surface area (Å²) in [4.78, 5) is 32.9. The zero-order valence-electron chi connectivity index (χ0n) is 19.8. The lowest BCUT2D eigenvalue weighted by molar-refractivity contribution is 0.0599. The van der Waals surface area contributed by atoms with Crippen LogP contribution >= 0.6 is 0 Å². The topological polar surface area (TPSA) is 84.1 Å². The number of aryl methyl sites for hydroxylation is 1. The van der Waals surface area contributed by atoms with E-state index in [0.29, 0.717) is 22.5 Å². The molecule has 1 atom stereocenters. The van der Waals surface area contributed by atoms with Crippen molar-refractivity contribution in [2.45, 2.75) is 33.4 Å². The highest BCUT2D eigenvalue weighted by Gasteiger charge is 2.30. The van der Waals surface area contributed by atoms with Gasteiger partial charge in [0.1, 0.15) is 11.5 Å². The third-order valence-corrected chi connectivity index (χ3v) is 6.29. The normalized spacial score (nSPS) is 15.9. The van der Waals surface area contributed by atoms with Gasteiger partial charge in [-0.15, -0.1) is 0 Å². The number of ether oxygens (including phenoxy) is 3. The number of hydrogen-bond acceptors (Lipinski definition) is 7. The van der Waals surface area contributed by atoms with Crippen LogP contribution in [-0.4, -0.2) is 80.1 Å². The summed E-state index contributed by atoms with van der Waals surface area (Å²) in [7, 11) is 4.68. The average molecular weight is 444 g/mol. The summed E-state index contributed by atoms with van der Waals surface area (Å²) in [6.07, 6.45) is 0. The summed E-state index contributed by atoms with van der Waals surface area (Å²) in [5.41, 5.74) is 3.31. The minimum Gasteiger partial charge on any atom is -0.497 e. The van der Waals surface area contributed by atoms with Gasteiger partial charge in [-0.25, -0.2) is 4.79 Å². The van der Waals surface area contributed by atoms with E-state index in [1.165, 1.54) is 7.11 Å². The lowest BCUT2D eigenvalue weighted by Crippen LogP contribution is -2.51. The second-order valence-corrected chi connectivity index (χ2v) is 8.15. The summed E-state index contributed by atoms with van der Waals surface area (Å²) in [6, 6.07) is 5.54. The van der Waals surface area contributed by atoms with E-state index in [1.807, 2.05) is 25.1 Å². The van der Waals surface area contributed by atoms with Crippen LogP contribution in [0.5, 0.6) is 11.5 Å². The molecule has 1 unspecified atom stereocenters. The molecule has 174 valence electrons. The molecule has 0 amide bonds. The van der Waals surface area contributed by atoms with E-state index in [0.717, 1.165) is 49.8 Å². The lowest BCUT2D eigenvalue weighted by atomic mass is 10.0. The molecule has 1 saturated heterocycles. The van der Waals surface area contributed by atoms with Crippen molar-refractivity contribution in [2.24, 2.45) is 0 Å². The van der Waals surface area contributed by atoms with E-state index in [2.05, 4.69) is 14.8 Å². The number of piperazine rings is 1. The van der Waals surface area contributed by atoms with Crippen LogP contribution in [0.1, 0.15) is 44.6 Å². The van der Waals surface area contributed by atoms with Crippen LogP contribution in [0, 0.1) is 13.8 Å². The number of methoxy groups -OCH3 is 3. The number of aromatic amines is 1. The van der Waals surface area contributed by atoms with Gasteiger partial charge in [-0.2, -0.15) is 0 Å². The van der Waals surface area contributed by atoms with Crippen LogP contribution < -0.4 is 9.47 Å². The predicted molar refractivity (Wildman–Crippen MR) is 122 cm³/mol. The maximum atomic E-state index is 13.2. The second kappa shape index (κ2) is 10.2. The molecule has 1 aliphatic heterocycles. The molecule has 0 spiro atoms. The van der Waals surface area contributed by atoms with Gasteiger partial charge in [0.25, 0.3) is 0 Å². The minimum absolute atomic E-state index is 0.0105. The van der Waals surface area contributed by atoms with Crippen molar-refractivity contribution in [3.05, 3.63) is 46.3 Å². The monoisotopic (exact) mass is 443 g/mol. The molecule has 8 nitrogen and oxygen atoms in total. The van der Waals surface area contributed by atoms with Crippen LogP contribution in [0.25, 0.3) is 0 Å². The molecule has 8 heteroatoms. The number of Topliss-reactive ketones (excluding diaryl/α,β-unsaturated/α-hetero) is 1. The second-order valence-electron chi connectivity index (χ2n) is 8.15. The Morgan fingerprint density at radius 2 is 1.75 bits per heavy atom. The third kappa shape index (κ3) is 4.81. The van der Waals surface area contributed by atoms with E-state index >= 15 is 0 Å². The molecule has 1 aromatic heterocycles. The van der Waals surface area contributed by atoms with E-state index in [4.69, 9.17) is 14.2 Å². The molecule has 0 radical (unpaired) electrons. The standard InChI is InChI=1S/C24H33N3O5/c1-15-21(24(29)32-6)16(2)25-22(15)23(28)17(3)27-11-9-26(10-12-27)14-18-13-19(30-4)7-8-20(18)31-5/h7-8,13,17,25H,9-12,14H2,1-6H3. The van der Waals surface area contributed by atoms with E-state index < -0.39 is 5.97 Å². The fourth-order valence-corrected chi connectivity index (χ4v) is 4.33. The first kappa shape index (κ1) is 23.8. The Bertz CT molecular complexity index is 976. The average Bonchev–Trinajstić information content (AvgIpc) is 3.11. The highest BCUT2D eigenvalue weighted by Crippen LogP contribution is 2.26. The number of carbonyl (C=O) groups excluding carboxylic acids is 2. The van der Waals surface area contributed by atoms with Crippen molar-refractivity contribution in [2.75, 3.05) is 47.5 Å². The number of H-pyrrole nitrogens is 1. The molecule has 3 rings (SSSR count). The van der Waals surface area contributed by atoms with Gasteiger partial charge in [0, 0.05) is 44.0 Å². The lowest BCUT2D eigenvalue weighted by Gasteiger charge is -2.37. The predicted octanol–water partition coefficient (Wildman–Crippen LogP) is 2.82. The Balaban J connectivity index is 1.64. The zero-order chi connectivity index (χ0) is 23.4. The molecule has 2 aromatic rings. The molecule has 1 aromatic carbocycles. The Morgan fingerprint density at radius 3 is 2.34 bits per heavy atom. The smallest absolute Gasteiger partial charge is 0.339 e. The maximum absolute atomic E-state index is 13.2. The number of benzene rings is 1. The fraction of sp³-hybridized carbons (Fsp3) is 0.500. The van der Waals surface area contributed by atoms with Gasteiger partial charge in [0.15, 0.2) is 5.78 Å². The quantitative estimate of drug-likeness (QED) is 0.496. The molecule has 0 saturated carbocycles. The highest BCUT2D eigenvalue weighted by atomic mass is 16.5. The molecule has 1 N–H and O–H groups in total. The van der Waals surface area contributed by atoms with Crippen molar-refractivity contribution in [1.82, 2.24) is 14.8 Å². The molecule has 2 heterocycles. The Morgan fingerprint density at radius 1 is 1.06 bits per heavy atom. The number of nitrogens with one attached hydrogen (secondary N) is 1. The van der Waals surface area contributed by atoms with Crippen LogP contribution in [0.4, 0.5) is 0 Å². The first-order valence-corrected chi connectivity index (χ1v) is 10.8. The van der Waals surface area contributed by atoms with Crippen molar-refractivity contribution in [3.63, 3.8) is 0 Å². The van der Waals surface area contributed by atoms with Crippen molar-refractivity contribution < 1.29 is 23.8 Å². The molecular formula is C24H33N3O5. The number of esters is 1. The van der Waals surface area contributed by atoms with Gasteiger partial charge >= 0.3 is 5.97 Å². The number of rotatable bonds is 8. The number of carbonyl (C=O) groups is 2. The van der Waals surface area contributed by atoms with Gasteiger partial charge in [-0.05, 0) is 44.5 Å². The highest BCUT2D eigenvalue weighted by molar-refractivity contribution is 6.03. The summed E-state index contributed by atoms with van der Waals surface area (Å²) < 4.78 is 15.7. The van der Waals surface area contributed by atoms with Crippen LogP contribution in [0.2, 0.25) is 0 Å². The zero-order valence-corrected chi connectivity index (χ0v) is 19.8. The van der Waals surface area contributed by atoms with Gasteiger partial charge in [-0.3, -0.25) is 14.6 Å². The summed E-state index contributed by atoms with van der Waals surface area (Å²) in [5.74, 6) is 1.21. The summed E-state index contributed by atoms with van der Waals surface area (Å²) >= 11 is 0. The Hall–Kier alpha value is -2.84. The van der Waals surface area contributed by atoms with Crippen LogP contribution in [0.15, 0.2) is 18.2 Å². The fourth-order valence-electron chi connectivity index (χ4n) is 4.33. The first-order chi connectivity index (χ1) is 15.3. The largest absolute Gasteiger partial charge is 0.497 e. The van der Waals surface area contributed by atoms with Gasteiger partial charge < -0.3 is 19.2 Å². The first-order valence-electron chi connectivity index (χ1n) is 10.8. The van der Waals surface area contributed by atoms with Gasteiger partial charge in [0.2, 0.25) is 0 Å². The third-order valence-electron chi connectivity index (χ3n) is 6.29.